The minimum atomic E-state index is -1.06. The van der Waals surface area contributed by atoms with E-state index in [9.17, 15) is 4.39 Å². The molecule has 4 N–H and O–H groups in total. The second-order valence-corrected chi connectivity index (χ2v) is 5.49. The Kier molecular flexibility index (Phi) is 2.82. The molecule has 6 heteroatoms. The van der Waals surface area contributed by atoms with E-state index in [1.165, 1.54) is 0 Å². The highest BCUT2D eigenvalue weighted by Gasteiger charge is 2.54. The van der Waals surface area contributed by atoms with Crippen LogP contribution in [-0.4, -0.2) is 18.8 Å². The van der Waals surface area contributed by atoms with Crippen LogP contribution in [0.2, 0.25) is 5.02 Å². The topological polar surface area (TPSA) is 73.6 Å². The van der Waals surface area contributed by atoms with E-state index in [1.807, 2.05) is 0 Å². The van der Waals surface area contributed by atoms with Gasteiger partial charge in [0, 0.05) is 22.2 Å². The molecule has 0 bridgehead atoms. The maximum absolute atomic E-state index is 13.8. The van der Waals surface area contributed by atoms with Crippen molar-refractivity contribution in [1.29, 1.82) is 0 Å². The minimum Gasteiger partial charge on any atom is -0.462 e. The number of amidine groups is 1. The van der Waals surface area contributed by atoms with Gasteiger partial charge in [-0.3, -0.25) is 0 Å². The number of hydrogen-bond acceptors (Lipinski definition) is 4. The lowest BCUT2D eigenvalue weighted by Crippen LogP contribution is -2.55. The maximum Gasteiger partial charge on any atom is 0.283 e. The van der Waals surface area contributed by atoms with E-state index in [1.54, 1.807) is 18.2 Å². The fourth-order valence-corrected chi connectivity index (χ4v) is 3.23. The first-order valence-corrected chi connectivity index (χ1v) is 6.58. The van der Waals surface area contributed by atoms with Gasteiger partial charge in [-0.2, -0.15) is 0 Å². The Labute approximate surface area is 115 Å². The normalized spacial score (nSPS) is 32.8. The Morgan fingerprint density at radius 1 is 1.42 bits per heavy atom. The standard InChI is InChI=1S/C13H15ClFN3O/c14-10-3-1-7(16)5-9(10)13(6-15)8-2-4-11(8)19-12(17)18-13/h1,3,5,8,11H,2,4,6,16H2,(H2,17,18). The molecule has 1 aromatic rings. The second-order valence-electron chi connectivity index (χ2n) is 5.09. The van der Waals surface area contributed by atoms with Crippen molar-refractivity contribution in [3.63, 3.8) is 0 Å². The van der Waals surface area contributed by atoms with Gasteiger partial charge in [0.05, 0.1) is 0 Å². The predicted octanol–water partition coefficient (Wildman–Crippen LogP) is 2.21. The lowest BCUT2D eigenvalue weighted by atomic mass is 9.65. The molecule has 0 amide bonds. The van der Waals surface area contributed by atoms with Crippen molar-refractivity contribution in [2.45, 2.75) is 24.5 Å². The van der Waals surface area contributed by atoms with Crippen LogP contribution in [0.4, 0.5) is 10.1 Å². The van der Waals surface area contributed by atoms with Crippen molar-refractivity contribution in [3.05, 3.63) is 28.8 Å². The lowest BCUT2D eigenvalue weighted by molar-refractivity contribution is -0.0422. The van der Waals surface area contributed by atoms with Gasteiger partial charge in [0.15, 0.2) is 0 Å². The van der Waals surface area contributed by atoms with Gasteiger partial charge in [-0.05, 0) is 31.0 Å². The summed E-state index contributed by atoms with van der Waals surface area (Å²) in [5.74, 6) is -0.0379. The molecule has 3 unspecified atom stereocenters. The molecule has 3 atom stereocenters. The minimum absolute atomic E-state index is 0.0251. The quantitative estimate of drug-likeness (QED) is 0.817. The summed E-state index contributed by atoms with van der Waals surface area (Å²) in [4.78, 5) is 4.24. The summed E-state index contributed by atoms with van der Waals surface area (Å²) in [5, 5.41) is 0.455. The van der Waals surface area contributed by atoms with E-state index >= 15 is 0 Å². The van der Waals surface area contributed by atoms with E-state index in [0.29, 0.717) is 16.3 Å². The van der Waals surface area contributed by atoms with Crippen LogP contribution < -0.4 is 11.5 Å². The zero-order valence-corrected chi connectivity index (χ0v) is 11.0. The summed E-state index contributed by atoms with van der Waals surface area (Å²) in [6.45, 7) is -0.665. The monoisotopic (exact) mass is 283 g/mol. The number of rotatable bonds is 2. The van der Waals surface area contributed by atoms with Gasteiger partial charge < -0.3 is 16.2 Å². The third-order valence-corrected chi connectivity index (χ3v) is 4.40. The molecule has 0 spiro atoms. The summed E-state index contributed by atoms with van der Waals surface area (Å²) < 4.78 is 19.3. The Bertz CT molecular complexity index is 551. The summed E-state index contributed by atoms with van der Waals surface area (Å²) in [7, 11) is 0. The molecule has 3 rings (SSSR count). The number of nitrogens with zero attached hydrogens (tertiary/aromatic N) is 1. The Morgan fingerprint density at radius 3 is 2.84 bits per heavy atom. The number of halogens is 2. The van der Waals surface area contributed by atoms with E-state index in [4.69, 9.17) is 27.8 Å². The second kappa shape index (κ2) is 4.27. The van der Waals surface area contributed by atoms with Gasteiger partial charge >= 0.3 is 0 Å². The Balaban J connectivity index is 2.17. The number of ether oxygens (including phenoxy) is 1. The van der Waals surface area contributed by atoms with Gasteiger partial charge in [0.2, 0.25) is 0 Å². The molecule has 0 radical (unpaired) electrons. The number of nitrogen functional groups attached to an aromatic ring is 1. The van der Waals surface area contributed by atoms with Crippen LogP contribution in [0.5, 0.6) is 0 Å². The van der Waals surface area contributed by atoms with E-state index in [2.05, 4.69) is 4.99 Å². The SMILES string of the molecule is NC1=NC(CF)(c2cc(N)ccc2Cl)C2CCC2O1. The smallest absolute Gasteiger partial charge is 0.283 e. The number of nitrogens with two attached hydrogens (primary N) is 2. The van der Waals surface area contributed by atoms with Crippen LogP contribution in [0, 0.1) is 5.92 Å². The largest absolute Gasteiger partial charge is 0.462 e. The van der Waals surface area contributed by atoms with Crippen LogP contribution in [0.3, 0.4) is 0 Å². The van der Waals surface area contributed by atoms with E-state index < -0.39 is 12.2 Å². The number of hydrogen-bond donors (Lipinski definition) is 2. The zero-order valence-electron chi connectivity index (χ0n) is 10.3. The molecule has 2 aliphatic rings. The zero-order chi connectivity index (χ0) is 13.6. The fourth-order valence-electron chi connectivity index (χ4n) is 2.95. The van der Waals surface area contributed by atoms with Crippen LogP contribution in [0.1, 0.15) is 18.4 Å². The summed E-state index contributed by atoms with van der Waals surface area (Å²) in [5.41, 5.74) is 11.5. The number of fused-ring (bicyclic) bond motifs is 1. The van der Waals surface area contributed by atoms with Crippen molar-refractivity contribution >= 4 is 23.3 Å². The molecule has 0 aromatic heterocycles. The van der Waals surface area contributed by atoms with E-state index in [0.717, 1.165) is 12.8 Å². The summed E-state index contributed by atoms with van der Waals surface area (Å²) in [6, 6.07) is 5.05. The third kappa shape index (κ3) is 1.75. The number of alkyl halides is 1. The van der Waals surface area contributed by atoms with Gasteiger partial charge in [-0.1, -0.05) is 11.6 Å². The predicted molar refractivity (Wildman–Crippen MR) is 72.7 cm³/mol. The Hall–Kier alpha value is -1.49. The highest BCUT2D eigenvalue weighted by molar-refractivity contribution is 6.31. The summed E-state index contributed by atoms with van der Waals surface area (Å²) in [6.07, 6.45) is 1.63. The van der Waals surface area contributed by atoms with Crippen LogP contribution in [0.15, 0.2) is 23.2 Å². The summed E-state index contributed by atoms with van der Waals surface area (Å²) >= 11 is 6.21. The van der Waals surface area contributed by atoms with Crippen LogP contribution >= 0.6 is 11.6 Å². The van der Waals surface area contributed by atoms with Gasteiger partial charge in [0.1, 0.15) is 18.3 Å². The first kappa shape index (κ1) is 12.5. The first-order chi connectivity index (χ1) is 9.06. The number of benzene rings is 1. The van der Waals surface area contributed by atoms with Crippen molar-refractivity contribution in [3.8, 4) is 0 Å². The average molecular weight is 284 g/mol. The molecular formula is C13H15ClFN3O. The Morgan fingerprint density at radius 2 is 2.21 bits per heavy atom. The average Bonchev–Trinajstić information content (AvgIpc) is 2.35. The van der Waals surface area contributed by atoms with Crippen molar-refractivity contribution in [1.82, 2.24) is 0 Å². The fraction of sp³-hybridized carbons (Fsp3) is 0.462. The molecule has 0 saturated heterocycles. The van der Waals surface area contributed by atoms with Gasteiger partial charge in [-0.15, -0.1) is 0 Å². The van der Waals surface area contributed by atoms with Gasteiger partial charge in [0.25, 0.3) is 6.02 Å². The maximum atomic E-state index is 13.8. The molecule has 19 heavy (non-hydrogen) atoms. The first-order valence-electron chi connectivity index (χ1n) is 6.20. The molecule has 1 saturated carbocycles. The number of aliphatic imine (C=N–C) groups is 1. The molecule has 1 aromatic carbocycles. The lowest BCUT2D eigenvalue weighted by Gasteiger charge is -2.49. The van der Waals surface area contributed by atoms with Crippen molar-refractivity contribution < 1.29 is 9.13 Å². The molecule has 102 valence electrons. The van der Waals surface area contributed by atoms with Crippen molar-refractivity contribution in [2.75, 3.05) is 12.4 Å². The van der Waals surface area contributed by atoms with E-state index in [-0.39, 0.29) is 18.0 Å². The van der Waals surface area contributed by atoms with Crippen molar-refractivity contribution in [2.24, 2.45) is 16.6 Å². The highest BCUT2D eigenvalue weighted by atomic mass is 35.5. The molecule has 4 nitrogen and oxygen atoms in total. The third-order valence-electron chi connectivity index (χ3n) is 4.07. The molecule has 1 aliphatic carbocycles. The molecule has 1 aliphatic heterocycles. The van der Waals surface area contributed by atoms with Crippen LogP contribution in [0.25, 0.3) is 0 Å². The number of anilines is 1. The molecule has 1 fully saturated rings. The van der Waals surface area contributed by atoms with Crippen LogP contribution in [-0.2, 0) is 10.3 Å². The van der Waals surface area contributed by atoms with Gasteiger partial charge in [-0.25, -0.2) is 9.38 Å². The highest BCUT2D eigenvalue weighted by Crippen LogP contribution is 2.51. The molecular weight excluding hydrogens is 269 g/mol. The molecule has 1 heterocycles.